The molecule has 2 aromatic heterocycles. The molecule has 2 heterocycles. The predicted molar refractivity (Wildman–Crippen MR) is 106 cm³/mol. The van der Waals surface area contributed by atoms with Crippen molar-refractivity contribution in [3.63, 3.8) is 0 Å². The molecule has 0 aliphatic heterocycles. The number of rotatable bonds is 5. The molecule has 1 amide bonds. The summed E-state index contributed by atoms with van der Waals surface area (Å²) in [6.45, 7) is 2.00. The van der Waals surface area contributed by atoms with Gasteiger partial charge in [0.2, 0.25) is 0 Å². The van der Waals surface area contributed by atoms with E-state index in [1.807, 2.05) is 55.5 Å². The fourth-order valence-electron chi connectivity index (χ4n) is 2.62. The number of thioether (sulfide) groups is 1. The minimum absolute atomic E-state index is 0.161. The maximum absolute atomic E-state index is 12.8. The highest BCUT2D eigenvalue weighted by Gasteiger charge is 2.13. The van der Waals surface area contributed by atoms with E-state index in [1.54, 1.807) is 34.1 Å². The third-order valence-electron chi connectivity index (χ3n) is 3.85. The zero-order chi connectivity index (χ0) is 17.9. The van der Waals surface area contributed by atoms with E-state index in [0.29, 0.717) is 5.56 Å². The molecule has 0 bridgehead atoms. The number of imidazole rings is 1. The van der Waals surface area contributed by atoms with Crippen molar-refractivity contribution in [1.29, 1.82) is 0 Å². The van der Waals surface area contributed by atoms with Gasteiger partial charge in [-0.3, -0.25) is 10.2 Å². The second-order valence-corrected chi connectivity index (χ2v) is 7.77. The van der Waals surface area contributed by atoms with E-state index in [9.17, 15) is 4.79 Å². The number of aryl methyl sites for hydroxylation is 1. The Morgan fingerprint density at radius 2 is 2.00 bits per heavy atom. The van der Waals surface area contributed by atoms with Gasteiger partial charge in [0.15, 0.2) is 0 Å². The average Bonchev–Trinajstić information content (AvgIpc) is 3.27. The summed E-state index contributed by atoms with van der Waals surface area (Å²) >= 11 is 3.26. The Kier molecular flexibility index (Phi) is 4.73. The van der Waals surface area contributed by atoms with E-state index < -0.39 is 0 Å². The van der Waals surface area contributed by atoms with Crippen LogP contribution in [-0.4, -0.2) is 20.6 Å². The molecule has 0 atom stereocenters. The van der Waals surface area contributed by atoms with Gasteiger partial charge in [0.25, 0.3) is 5.91 Å². The van der Waals surface area contributed by atoms with Crippen LogP contribution in [0.2, 0.25) is 0 Å². The van der Waals surface area contributed by atoms with Crippen LogP contribution < -0.4 is 5.43 Å². The van der Waals surface area contributed by atoms with Gasteiger partial charge in [-0.25, -0.2) is 14.6 Å². The number of hydrogen-bond donors (Lipinski definition) is 1. The van der Waals surface area contributed by atoms with Crippen LogP contribution >= 0.6 is 23.1 Å². The molecule has 0 saturated heterocycles. The summed E-state index contributed by atoms with van der Waals surface area (Å²) in [6, 6.07) is 15.3. The SMILES string of the molecule is Cc1nc(CSc2ccccc2C(=O)Nn2cnc3ccccc32)cs1. The summed E-state index contributed by atoms with van der Waals surface area (Å²) in [6.07, 6.45) is 1.62. The lowest BCUT2D eigenvalue weighted by Crippen LogP contribution is -2.22. The Morgan fingerprint density at radius 1 is 1.19 bits per heavy atom. The third kappa shape index (κ3) is 3.49. The van der Waals surface area contributed by atoms with Crippen molar-refractivity contribution in [2.24, 2.45) is 0 Å². The Bertz CT molecular complexity index is 1070. The third-order valence-corrected chi connectivity index (χ3v) is 5.78. The highest BCUT2D eigenvalue weighted by atomic mass is 32.2. The molecule has 4 aromatic rings. The first-order valence-electron chi connectivity index (χ1n) is 8.07. The van der Waals surface area contributed by atoms with Crippen molar-refractivity contribution in [3.05, 3.63) is 76.5 Å². The van der Waals surface area contributed by atoms with Crippen molar-refractivity contribution in [2.45, 2.75) is 17.6 Å². The van der Waals surface area contributed by atoms with E-state index in [2.05, 4.69) is 20.8 Å². The monoisotopic (exact) mass is 380 g/mol. The second kappa shape index (κ2) is 7.31. The molecule has 7 heteroatoms. The maximum atomic E-state index is 12.8. The zero-order valence-electron chi connectivity index (χ0n) is 14.0. The predicted octanol–water partition coefficient (Wildman–Crippen LogP) is 4.48. The van der Waals surface area contributed by atoms with Crippen LogP contribution in [0.1, 0.15) is 21.1 Å². The smallest absolute Gasteiger partial charge is 0.267 e. The number of nitrogens with one attached hydrogen (secondary N) is 1. The molecule has 0 saturated carbocycles. The second-order valence-electron chi connectivity index (χ2n) is 5.69. The first kappa shape index (κ1) is 16.8. The zero-order valence-corrected chi connectivity index (χ0v) is 15.7. The molecule has 0 unspecified atom stereocenters. The number of hydrogen-bond acceptors (Lipinski definition) is 5. The Labute approximate surface area is 159 Å². The number of para-hydroxylation sites is 2. The lowest BCUT2D eigenvalue weighted by molar-refractivity contribution is 0.101. The lowest BCUT2D eigenvalue weighted by Gasteiger charge is -2.10. The molecule has 0 fully saturated rings. The highest BCUT2D eigenvalue weighted by molar-refractivity contribution is 7.98. The number of carbonyl (C=O) groups excluding carboxylic acids is 1. The van der Waals surface area contributed by atoms with Crippen LogP contribution in [0.4, 0.5) is 0 Å². The summed E-state index contributed by atoms with van der Waals surface area (Å²) in [5.74, 6) is 0.577. The number of nitrogens with zero attached hydrogens (tertiary/aromatic N) is 3. The molecule has 4 rings (SSSR count). The van der Waals surface area contributed by atoms with Gasteiger partial charge in [0.1, 0.15) is 6.33 Å². The minimum Gasteiger partial charge on any atom is -0.267 e. The fourth-order valence-corrected chi connectivity index (χ4v) is 4.28. The molecule has 0 radical (unpaired) electrons. The van der Waals surface area contributed by atoms with E-state index in [0.717, 1.165) is 32.4 Å². The van der Waals surface area contributed by atoms with Gasteiger partial charge in [0.05, 0.1) is 27.3 Å². The van der Waals surface area contributed by atoms with Crippen molar-refractivity contribution in [3.8, 4) is 0 Å². The summed E-state index contributed by atoms with van der Waals surface area (Å²) in [5.41, 5.74) is 6.30. The van der Waals surface area contributed by atoms with Gasteiger partial charge < -0.3 is 0 Å². The first-order chi connectivity index (χ1) is 12.7. The summed E-state index contributed by atoms with van der Waals surface area (Å²) in [4.78, 5) is 22.5. The summed E-state index contributed by atoms with van der Waals surface area (Å²) < 4.78 is 1.66. The average molecular weight is 380 g/mol. The minimum atomic E-state index is -0.161. The van der Waals surface area contributed by atoms with Crippen molar-refractivity contribution in [2.75, 3.05) is 5.43 Å². The molecule has 1 N–H and O–H groups in total. The maximum Gasteiger partial charge on any atom is 0.271 e. The fraction of sp³-hybridized carbons (Fsp3) is 0.105. The molecule has 0 spiro atoms. The quantitative estimate of drug-likeness (QED) is 0.519. The largest absolute Gasteiger partial charge is 0.271 e. The number of carbonyl (C=O) groups is 1. The summed E-state index contributed by atoms with van der Waals surface area (Å²) in [7, 11) is 0. The molecular weight excluding hydrogens is 364 g/mol. The molecule has 0 aliphatic rings. The Morgan fingerprint density at radius 3 is 2.85 bits per heavy atom. The van der Waals surface area contributed by atoms with Crippen LogP contribution in [0.5, 0.6) is 0 Å². The number of benzene rings is 2. The normalized spacial score (nSPS) is 11.0. The highest BCUT2D eigenvalue weighted by Crippen LogP contribution is 2.27. The first-order valence-corrected chi connectivity index (χ1v) is 9.93. The van der Waals surface area contributed by atoms with E-state index >= 15 is 0 Å². The molecule has 0 aliphatic carbocycles. The van der Waals surface area contributed by atoms with E-state index in [-0.39, 0.29) is 5.91 Å². The standard InChI is InChI=1S/C19H16N4OS2/c1-13-21-14(10-25-13)11-26-18-9-5-2-6-15(18)19(24)22-23-12-20-16-7-3-4-8-17(16)23/h2-10,12H,11H2,1H3,(H,22,24). The van der Waals surface area contributed by atoms with Gasteiger partial charge in [-0.15, -0.1) is 23.1 Å². The number of thiazole rings is 1. The van der Waals surface area contributed by atoms with Crippen LogP contribution in [0, 0.1) is 6.92 Å². The molecule has 5 nitrogen and oxygen atoms in total. The topological polar surface area (TPSA) is 59.8 Å². The molecule has 2 aromatic carbocycles. The van der Waals surface area contributed by atoms with Crippen LogP contribution in [0.3, 0.4) is 0 Å². The van der Waals surface area contributed by atoms with Crippen molar-refractivity contribution < 1.29 is 4.79 Å². The van der Waals surface area contributed by atoms with Gasteiger partial charge in [-0.1, -0.05) is 24.3 Å². The van der Waals surface area contributed by atoms with Crippen LogP contribution in [0.15, 0.2) is 65.1 Å². The van der Waals surface area contributed by atoms with E-state index in [1.165, 1.54) is 0 Å². The van der Waals surface area contributed by atoms with Crippen molar-refractivity contribution >= 4 is 40.0 Å². The lowest BCUT2D eigenvalue weighted by atomic mass is 10.2. The van der Waals surface area contributed by atoms with Gasteiger partial charge in [-0.05, 0) is 31.2 Å². The van der Waals surface area contributed by atoms with Crippen LogP contribution in [0.25, 0.3) is 11.0 Å². The van der Waals surface area contributed by atoms with Crippen LogP contribution in [-0.2, 0) is 5.75 Å². The van der Waals surface area contributed by atoms with E-state index in [4.69, 9.17) is 0 Å². The number of amides is 1. The molecule has 130 valence electrons. The summed E-state index contributed by atoms with van der Waals surface area (Å²) in [5, 5.41) is 3.11. The van der Waals surface area contributed by atoms with Crippen molar-refractivity contribution in [1.82, 2.24) is 14.6 Å². The Balaban J connectivity index is 1.54. The van der Waals surface area contributed by atoms with Gasteiger partial charge >= 0.3 is 0 Å². The number of fused-ring (bicyclic) bond motifs is 1. The molecular formula is C19H16N4OS2. The number of aromatic nitrogens is 3. The van der Waals surface area contributed by atoms with Gasteiger partial charge in [0, 0.05) is 16.0 Å². The van der Waals surface area contributed by atoms with Gasteiger partial charge in [-0.2, -0.15) is 0 Å². The Hall–Kier alpha value is -2.64. The molecule has 26 heavy (non-hydrogen) atoms.